The van der Waals surface area contributed by atoms with Crippen LogP contribution in [-0.4, -0.2) is 240 Å². The van der Waals surface area contributed by atoms with Crippen LogP contribution in [0, 0.1) is 11.8 Å². The Morgan fingerprint density at radius 1 is 0.587 bits per heavy atom. The number of carbonyl (C=O) groups is 15. The van der Waals surface area contributed by atoms with Gasteiger partial charge in [-0.1, -0.05) is 52.3 Å². The molecule has 14 amide bonds. The van der Waals surface area contributed by atoms with Crippen LogP contribution >= 0.6 is 0 Å². The highest BCUT2D eigenvalue weighted by Gasteiger charge is 2.44. The van der Waals surface area contributed by atoms with Gasteiger partial charge in [0, 0.05) is 74.3 Å². The first-order valence-corrected chi connectivity index (χ1v) is 34.2. The third-order valence-electron chi connectivity index (χ3n) is 17.7. The van der Waals surface area contributed by atoms with Crippen molar-refractivity contribution < 1.29 is 87.2 Å². The van der Waals surface area contributed by atoms with Crippen molar-refractivity contribution in [3.8, 4) is 0 Å². The monoisotopic (exact) mass is 1460 g/mol. The number of aromatic amines is 2. The number of amides is 14. The number of imidazole rings is 1. The van der Waals surface area contributed by atoms with Gasteiger partial charge in [0.05, 0.1) is 26.0 Å². The number of aliphatic hydroxyl groups excluding tert-OH is 2. The lowest BCUT2D eigenvalue weighted by Crippen LogP contribution is -2.62. The molecule has 2 fully saturated rings. The van der Waals surface area contributed by atoms with Crippen molar-refractivity contribution in [2.75, 3.05) is 32.8 Å². The minimum absolute atomic E-state index is 0.0153. The Labute approximate surface area is 598 Å². The van der Waals surface area contributed by atoms with Crippen LogP contribution < -0.4 is 82.3 Å². The molecule has 104 heavy (non-hydrogen) atoms. The number of aliphatic hydroxyl groups is 2. The van der Waals surface area contributed by atoms with Gasteiger partial charge in [-0.05, 0) is 81.3 Å². The predicted octanol–water partition coefficient (Wildman–Crippen LogP) is -7.03. The fraction of sp³-hybridized carbons (Fsp3) is 0.585. The molecule has 39 heteroatoms. The van der Waals surface area contributed by atoms with E-state index in [4.69, 9.17) is 34.4 Å². The Kier molecular flexibility index (Phi) is 32.8. The Hall–Kier alpha value is -10.8. The van der Waals surface area contributed by atoms with Crippen LogP contribution in [0.3, 0.4) is 0 Å². The second kappa shape index (κ2) is 40.7. The number of likely N-dealkylation sites (tertiary alicyclic amines) is 2. The number of carboxylic acid groups (broad SMARTS) is 1. The van der Waals surface area contributed by atoms with Gasteiger partial charge in [-0.2, -0.15) is 0 Å². The zero-order valence-electron chi connectivity index (χ0n) is 58.5. The number of benzene rings is 1. The first-order valence-electron chi connectivity index (χ1n) is 34.2. The summed E-state index contributed by atoms with van der Waals surface area (Å²) in [5.41, 5.74) is 34.4. The summed E-state index contributed by atoms with van der Waals surface area (Å²) in [7, 11) is 0. The number of nitrogens with one attached hydrogen (secondary N) is 11. The van der Waals surface area contributed by atoms with Crippen LogP contribution in [0.15, 0.2) is 48.0 Å². The van der Waals surface area contributed by atoms with Crippen LogP contribution in [0.5, 0.6) is 0 Å². The fourth-order valence-corrected chi connectivity index (χ4v) is 11.9. The van der Waals surface area contributed by atoms with Crippen LogP contribution in [0.25, 0.3) is 10.9 Å². The molecule has 5 rings (SSSR count). The lowest BCUT2D eigenvalue weighted by molar-refractivity contribution is -0.144. The molecule has 2 aromatic heterocycles. The van der Waals surface area contributed by atoms with Gasteiger partial charge in [0.25, 0.3) is 0 Å². The van der Waals surface area contributed by atoms with Crippen LogP contribution in [0.4, 0.5) is 0 Å². The van der Waals surface area contributed by atoms with E-state index < -0.39 is 200 Å². The maximum atomic E-state index is 14.8. The number of primary amides is 3. The number of aliphatic imine (C=N–C) groups is 1. The molecule has 3 aromatic rings. The van der Waals surface area contributed by atoms with Crippen molar-refractivity contribution in [2.24, 2.45) is 51.2 Å². The Morgan fingerprint density at radius 3 is 1.62 bits per heavy atom. The van der Waals surface area contributed by atoms with Gasteiger partial charge in [-0.25, -0.2) is 9.78 Å². The van der Waals surface area contributed by atoms with Crippen molar-refractivity contribution in [2.45, 2.75) is 197 Å². The van der Waals surface area contributed by atoms with Gasteiger partial charge >= 0.3 is 5.97 Å². The number of nitrogens with two attached hydrogens (primary N) is 6. The van der Waals surface area contributed by atoms with Crippen LogP contribution in [0.1, 0.15) is 122 Å². The lowest BCUT2D eigenvalue weighted by atomic mass is 9.96. The number of fused-ring (bicyclic) bond motifs is 1. The number of nitrogens with zero attached hydrogens (tertiary/aromatic N) is 4. The van der Waals surface area contributed by atoms with Gasteiger partial charge in [0.15, 0.2) is 5.96 Å². The van der Waals surface area contributed by atoms with E-state index in [1.807, 2.05) is 0 Å². The first-order chi connectivity index (χ1) is 49.3. The predicted molar refractivity (Wildman–Crippen MR) is 370 cm³/mol. The molecule has 39 nitrogen and oxygen atoms in total. The van der Waals surface area contributed by atoms with E-state index in [0.29, 0.717) is 28.6 Å². The van der Waals surface area contributed by atoms with Crippen LogP contribution in [-0.2, 0) is 84.8 Å². The molecule has 2 aliphatic heterocycles. The summed E-state index contributed by atoms with van der Waals surface area (Å²) in [6.07, 6.45) is 2.10. The van der Waals surface area contributed by atoms with Crippen LogP contribution in [0.2, 0.25) is 0 Å². The highest BCUT2D eigenvalue weighted by molar-refractivity contribution is 6.01. The lowest BCUT2D eigenvalue weighted by Gasteiger charge is -2.32. The molecule has 1 aromatic carbocycles. The quantitative estimate of drug-likeness (QED) is 0.0142. The third-order valence-corrected chi connectivity index (χ3v) is 17.7. The normalized spacial score (nSPS) is 17.3. The molecule has 2 aliphatic rings. The van der Waals surface area contributed by atoms with Gasteiger partial charge < -0.3 is 117 Å². The standard InChI is InChI=1S/C65H99N21O18/c1-5-33(4)52(84-58(97)42(24-34-27-74-38-12-7-6-11-36(34)38)80-55(94)40(16-18-49(67)89)76-57(96)43(26-51(69)91)79-53(92)37(66)29-87)61(100)83-46(30-88)63(102)86-22-10-15-48(86)59(98)77-39(13-8-20-73-65(70)71)54(93)81-44(23-32(2)3)62(101)85-21-9-14-47(85)60(99)78-41(17-19-50(68)90)56(95)82-45(64(103)104)25-35-28-72-31-75-35/h6-7,11-12,27-28,31-33,37,39-48,52,74,87-88H,5,8-10,13-26,29-30,66H2,1-4H3,(H2,67,89)(H2,68,90)(H2,69,91)(H,72,75)(H,76,96)(H,77,98)(H,78,99)(H,79,92)(H,80,94)(H,81,93)(H,82,95)(H,83,100)(H,84,97)(H,103,104)(H4,70,71,73)/t33-,37-,39-,40-,41-,42-,43-,44-,45-,46-,47-,48-,52-/m0/s1. The topological polar surface area (TPSA) is 644 Å². The zero-order valence-corrected chi connectivity index (χ0v) is 58.5. The second-order valence-electron chi connectivity index (χ2n) is 26.2. The summed E-state index contributed by atoms with van der Waals surface area (Å²) in [4.78, 5) is 221. The smallest absolute Gasteiger partial charge is 0.326 e. The number of para-hydroxylation sites is 1. The molecule has 4 heterocycles. The fourth-order valence-electron chi connectivity index (χ4n) is 11.9. The Bertz CT molecular complexity index is 3570. The summed E-state index contributed by atoms with van der Waals surface area (Å²) in [6.45, 7) is 4.88. The number of guanidine groups is 1. The number of carboxylic acids is 1. The Morgan fingerprint density at radius 2 is 1.10 bits per heavy atom. The summed E-state index contributed by atoms with van der Waals surface area (Å²) < 4.78 is 0. The van der Waals surface area contributed by atoms with Crippen molar-refractivity contribution in [1.82, 2.24) is 72.6 Å². The minimum Gasteiger partial charge on any atom is -0.480 e. The second-order valence-corrected chi connectivity index (χ2v) is 26.2. The average Bonchev–Trinajstić information content (AvgIpc) is 1.63. The summed E-state index contributed by atoms with van der Waals surface area (Å²) in [6, 6.07) is -11.1. The molecule has 26 N–H and O–H groups in total. The van der Waals surface area contributed by atoms with E-state index in [9.17, 15) is 87.2 Å². The number of hydrogen-bond acceptors (Lipinski definition) is 20. The maximum Gasteiger partial charge on any atom is 0.326 e. The van der Waals surface area contributed by atoms with Crippen molar-refractivity contribution in [3.63, 3.8) is 0 Å². The number of aliphatic carboxylic acids is 1. The van der Waals surface area contributed by atoms with Crippen molar-refractivity contribution >= 4 is 106 Å². The molecular weight excluding hydrogens is 1360 g/mol. The summed E-state index contributed by atoms with van der Waals surface area (Å²) in [5, 5.41) is 53.5. The number of H-pyrrole nitrogens is 2. The zero-order chi connectivity index (χ0) is 77.1. The molecule has 0 saturated carbocycles. The summed E-state index contributed by atoms with van der Waals surface area (Å²) >= 11 is 0. The highest BCUT2D eigenvalue weighted by Crippen LogP contribution is 2.24. The molecule has 0 aliphatic carbocycles. The molecule has 0 spiro atoms. The van der Waals surface area contributed by atoms with E-state index >= 15 is 0 Å². The maximum absolute atomic E-state index is 14.8. The third kappa shape index (κ3) is 25.3. The van der Waals surface area contributed by atoms with E-state index in [2.05, 4.69) is 67.8 Å². The van der Waals surface area contributed by atoms with E-state index in [0.717, 1.165) is 4.90 Å². The van der Waals surface area contributed by atoms with Crippen molar-refractivity contribution in [1.29, 1.82) is 0 Å². The molecule has 2 saturated heterocycles. The van der Waals surface area contributed by atoms with E-state index in [-0.39, 0.29) is 102 Å². The average molecular weight is 1460 g/mol. The molecule has 0 bridgehead atoms. The minimum atomic E-state index is -1.75. The van der Waals surface area contributed by atoms with Gasteiger partial charge in [-0.3, -0.25) is 72.1 Å². The SMILES string of the molecule is CC[C@H](C)[C@H](NC(=O)[C@H](Cc1c[nH]c2ccccc12)NC(=O)[C@H](CCC(N)=O)NC(=O)[C@H](CC(N)=O)NC(=O)[C@@H](N)CO)C(=O)N[C@@H](CO)C(=O)N1CCC[C@H]1C(=O)N[C@@H](CCCN=C(N)N)C(=O)N[C@@H](CC(C)C)C(=O)N1CCC[C@H]1C(=O)N[C@@H](CCC(N)=O)C(=O)N[C@@H](Cc1cnc[nH]1)C(=O)O. The van der Waals surface area contributed by atoms with Gasteiger partial charge in [0.2, 0.25) is 82.7 Å². The number of hydrogen-bond donors (Lipinski definition) is 20. The number of aromatic nitrogens is 3. The number of carbonyl (C=O) groups excluding carboxylic acids is 14. The highest BCUT2D eigenvalue weighted by atomic mass is 16.4. The van der Waals surface area contributed by atoms with Crippen molar-refractivity contribution in [3.05, 3.63) is 54.2 Å². The van der Waals surface area contributed by atoms with Gasteiger partial charge in [0.1, 0.15) is 72.5 Å². The molecule has 572 valence electrons. The molecule has 0 unspecified atom stereocenters. The Balaban J connectivity index is 1.35. The van der Waals surface area contributed by atoms with E-state index in [1.54, 1.807) is 58.2 Å². The molecular formula is C65H99N21O18. The first kappa shape index (κ1) is 83.8. The van der Waals surface area contributed by atoms with E-state index in [1.165, 1.54) is 17.4 Å². The summed E-state index contributed by atoms with van der Waals surface area (Å²) in [5.74, 6) is -15.9. The number of rotatable bonds is 43. The largest absolute Gasteiger partial charge is 0.480 e. The molecule has 13 atom stereocenters. The van der Waals surface area contributed by atoms with Gasteiger partial charge in [-0.15, -0.1) is 0 Å². The molecule has 0 radical (unpaired) electrons.